The summed E-state index contributed by atoms with van der Waals surface area (Å²) in [4.78, 5) is 1.55. The number of thiophene rings is 1. The summed E-state index contributed by atoms with van der Waals surface area (Å²) in [6.07, 6.45) is 3.74. The fourth-order valence-electron chi connectivity index (χ4n) is 2.69. The number of hydrogen-bond donors (Lipinski definition) is 1. The van der Waals surface area contributed by atoms with Crippen LogP contribution < -0.4 is 5.32 Å². The van der Waals surface area contributed by atoms with Crippen molar-refractivity contribution in [2.45, 2.75) is 45.6 Å². The largest absolute Gasteiger partial charge is 0.310 e. The lowest BCUT2D eigenvalue weighted by atomic mass is 9.88. The quantitative estimate of drug-likeness (QED) is 0.912. The lowest BCUT2D eigenvalue weighted by molar-refractivity contribution is 0.550. The van der Waals surface area contributed by atoms with E-state index in [9.17, 15) is 0 Å². The summed E-state index contributed by atoms with van der Waals surface area (Å²) in [5.74, 6) is 1.16. The molecule has 2 heterocycles. The van der Waals surface area contributed by atoms with Gasteiger partial charge in [0.1, 0.15) is 10.0 Å². The van der Waals surface area contributed by atoms with Crippen LogP contribution in [0, 0.1) is 5.92 Å². The van der Waals surface area contributed by atoms with Gasteiger partial charge in [-0.3, -0.25) is 0 Å². The SMILES string of the molecule is CC(C)CNCc1nnc(C2CCCc3sccc32)s1. The van der Waals surface area contributed by atoms with Crippen LogP contribution in [-0.2, 0) is 13.0 Å². The third-order valence-electron chi connectivity index (χ3n) is 3.66. The summed E-state index contributed by atoms with van der Waals surface area (Å²) < 4.78 is 0. The molecule has 0 amide bonds. The first-order chi connectivity index (χ1) is 9.74. The highest BCUT2D eigenvalue weighted by molar-refractivity contribution is 7.11. The first-order valence-corrected chi connectivity index (χ1v) is 9.03. The number of hydrogen-bond acceptors (Lipinski definition) is 5. The van der Waals surface area contributed by atoms with Crippen LogP contribution in [0.5, 0.6) is 0 Å². The van der Waals surface area contributed by atoms with Crippen molar-refractivity contribution < 1.29 is 0 Å². The van der Waals surface area contributed by atoms with Crippen molar-refractivity contribution in [3.8, 4) is 0 Å². The van der Waals surface area contributed by atoms with Gasteiger partial charge in [-0.15, -0.1) is 21.5 Å². The molecule has 0 saturated heterocycles. The summed E-state index contributed by atoms with van der Waals surface area (Å²) >= 11 is 3.67. The Labute approximate surface area is 128 Å². The van der Waals surface area contributed by atoms with Crippen LogP contribution in [0.4, 0.5) is 0 Å². The first-order valence-electron chi connectivity index (χ1n) is 7.33. The predicted molar refractivity (Wildman–Crippen MR) is 85.6 cm³/mol. The number of nitrogens with zero attached hydrogens (tertiary/aromatic N) is 2. The smallest absolute Gasteiger partial charge is 0.131 e. The third kappa shape index (κ3) is 3.10. The number of rotatable bonds is 5. The summed E-state index contributed by atoms with van der Waals surface area (Å²) in [6.45, 7) is 6.32. The minimum absolute atomic E-state index is 0.487. The van der Waals surface area contributed by atoms with Gasteiger partial charge >= 0.3 is 0 Å². The number of aromatic nitrogens is 2. The topological polar surface area (TPSA) is 37.8 Å². The Hall–Kier alpha value is -0.780. The van der Waals surface area contributed by atoms with Gasteiger partial charge < -0.3 is 5.32 Å². The molecule has 0 saturated carbocycles. The number of nitrogens with one attached hydrogen (secondary N) is 1. The van der Waals surface area contributed by atoms with Gasteiger partial charge in [0, 0.05) is 17.3 Å². The second-order valence-electron chi connectivity index (χ2n) is 5.80. The molecule has 20 heavy (non-hydrogen) atoms. The maximum Gasteiger partial charge on any atom is 0.131 e. The van der Waals surface area contributed by atoms with Gasteiger partial charge in [-0.1, -0.05) is 25.2 Å². The van der Waals surface area contributed by atoms with E-state index in [1.807, 2.05) is 11.3 Å². The fraction of sp³-hybridized carbons (Fsp3) is 0.600. The third-order valence-corrected chi connectivity index (χ3v) is 5.69. The van der Waals surface area contributed by atoms with E-state index in [-0.39, 0.29) is 0 Å². The van der Waals surface area contributed by atoms with Gasteiger partial charge in [-0.25, -0.2) is 0 Å². The van der Waals surface area contributed by atoms with Crippen LogP contribution in [0.25, 0.3) is 0 Å². The summed E-state index contributed by atoms with van der Waals surface area (Å²) in [6, 6.07) is 2.28. The lowest BCUT2D eigenvalue weighted by Crippen LogP contribution is -2.18. The average Bonchev–Trinajstić information content (AvgIpc) is 3.06. The van der Waals surface area contributed by atoms with E-state index >= 15 is 0 Å². The molecule has 1 aliphatic rings. The van der Waals surface area contributed by atoms with Crippen LogP contribution in [0.15, 0.2) is 11.4 Å². The molecule has 3 nitrogen and oxygen atoms in total. The van der Waals surface area contributed by atoms with Gasteiger partial charge in [-0.2, -0.15) is 0 Å². The van der Waals surface area contributed by atoms with E-state index < -0.39 is 0 Å². The monoisotopic (exact) mass is 307 g/mol. The Kier molecular flexibility index (Phi) is 4.48. The second kappa shape index (κ2) is 6.33. The molecule has 5 heteroatoms. The summed E-state index contributed by atoms with van der Waals surface area (Å²) in [5.41, 5.74) is 1.50. The van der Waals surface area contributed by atoms with Gasteiger partial charge in [0.05, 0.1) is 0 Å². The molecule has 0 fully saturated rings. The molecule has 2 aromatic heterocycles. The Morgan fingerprint density at radius 3 is 3.15 bits per heavy atom. The molecule has 0 spiro atoms. The minimum Gasteiger partial charge on any atom is -0.310 e. The molecule has 2 aromatic rings. The van der Waals surface area contributed by atoms with Crippen LogP contribution in [0.3, 0.4) is 0 Å². The van der Waals surface area contributed by atoms with Crippen LogP contribution in [0.2, 0.25) is 0 Å². The molecule has 1 atom stereocenters. The maximum atomic E-state index is 4.45. The standard InChI is InChI=1S/C15H21N3S2/c1-10(2)8-16-9-14-17-18-15(20-14)12-4-3-5-13-11(12)6-7-19-13/h6-7,10,12,16H,3-5,8-9H2,1-2H3. The lowest BCUT2D eigenvalue weighted by Gasteiger charge is -2.19. The van der Waals surface area contributed by atoms with Crippen LogP contribution in [0.1, 0.15) is 53.1 Å². The summed E-state index contributed by atoms with van der Waals surface area (Å²) in [7, 11) is 0. The molecule has 0 aliphatic heterocycles. The Morgan fingerprint density at radius 1 is 1.40 bits per heavy atom. The average molecular weight is 307 g/mol. The van der Waals surface area contributed by atoms with Crippen molar-refractivity contribution in [3.05, 3.63) is 31.9 Å². The first kappa shape index (κ1) is 14.2. The van der Waals surface area contributed by atoms with Crippen molar-refractivity contribution >= 4 is 22.7 Å². The molecule has 108 valence electrons. The zero-order valence-electron chi connectivity index (χ0n) is 12.1. The van der Waals surface area contributed by atoms with E-state index in [0.29, 0.717) is 11.8 Å². The normalized spacial score (nSPS) is 18.4. The van der Waals surface area contributed by atoms with Gasteiger partial charge in [0.25, 0.3) is 0 Å². The zero-order valence-corrected chi connectivity index (χ0v) is 13.7. The van der Waals surface area contributed by atoms with Crippen molar-refractivity contribution in [2.75, 3.05) is 6.54 Å². The molecular formula is C15H21N3S2. The highest BCUT2D eigenvalue weighted by Gasteiger charge is 2.25. The van der Waals surface area contributed by atoms with E-state index in [1.165, 1.54) is 29.8 Å². The van der Waals surface area contributed by atoms with E-state index in [0.717, 1.165) is 18.1 Å². The van der Waals surface area contributed by atoms with Gasteiger partial charge in [0.2, 0.25) is 0 Å². The molecule has 1 unspecified atom stereocenters. The van der Waals surface area contributed by atoms with Crippen LogP contribution in [-0.4, -0.2) is 16.7 Å². The van der Waals surface area contributed by atoms with E-state index in [2.05, 4.69) is 40.8 Å². The van der Waals surface area contributed by atoms with Crippen molar-refractivity contribution in [3.63, 3.8) is 0 Å². The van der Waals surface area contributed by atoms with Crippen molar-refractivity contribution in [1.82, 2.24) is 15.5 Å². The predicted octanol–water partition coefficient (Wildman–Crippen LogP) is 3.81. The Balaban J connectivity index is 1.69. The highest BCUT2D eigenvalue weighted by Crippen LogP contribution is 2.39. The number of fused-ring (bicyclic) bond motifs is 1. The minimum atomic E-state index is 0.487. The molecule has 0 aromatic carbocycles. The van der Waals surface area contributed by atoms with Crippen LogP contribution >= 0.6 is 22.7 Å². The maximum absolute atomic E-state index is 4.45. The summed E-state index contributed by atoms with van der Waals surface area (Å²) in [5, 5.41) is 16.8. The Bertz CT molecular complexity index is 559. The Morgan fingerprint density at radius 2 is 2.30 bits per heavy atom. The molecule has 0 bridgehead atoms. The van der Waals surface area contributed by atoms with Gasteiger partial charge in [0.15, 0.2) is 0 Å². The molecule has 3 rings (SSSR count). The van der Waals surface area contributed by atoms with Gasteiger partial charge in [-0.05, 0) is 48.7 Å². The molecule has 1 N–H and O–H groups in total. The molecule has 0 radical (unpaired) electrons. The molecule has 1 aliphatic carbocycles. The van der Waals surface area contributed by atoms with E-state index in [1.54, 1.807) is 16.2 Å². The van der Waals surface area contributed by atoms with Crippen molar-refractivity contribution in [2.24, 2.45) is 5.92 Å². The van der Waals surface area contributed by atoms with Crippen molar-refractivity contribution in [1.29, 1.82) is 0 Å². The second-order valence-corrected chi connectivity index (χ2v) is 7.90. The zero-order chi connectivity index (χ0) is 13.9. The number of aryl methyl sites for hydroxylation is 1. The fourth-order valence-corrected chi connectivity index (χ4v) is 4.64. The van der Waals surface area contributed by atoms with E-state index in [4.69, 9.17) is 0 Å². The highest BCUT2D eigenvalue weighted by atomic mass is 32.1. The molecular weight excluding hydrogens is 286 g/mol.